The Morgan fingerprint density at radius 1 is 1.00 bits per heavy atom. The Morgan fingerprint density at radius 2 is 1.73 bits per heavy atom. The molecule has 0 saturated carbocycles. The molecule has 0 saturated heterocycles. The van der Waals surface area contributed by atoms with Gasteiger partial charge in [0.25, 0.3) is 15.6 Å². The highest BCUT2D eigenvalue weighted by Gasteiger charge is 2.22. The molecule has 172 valence electrons. The number of furan rings is 1. The lowest BCUT2D eigenvalue weighted by Crippen LogP contribution is -2.23. The molecule has 4 rings (SSSR count). The van der Waals surface area contributed by atoms with Crippen molar-refractivity contribution < 1.29 is 12.8 Å². The number of benzene rings is 2. The summed E-state index contributed by atoms with van der Waals surface area (Å²) in [6.45, 7) is 0.534. The fourth-order valence-corrected chi connectivity index (χ4v) is 5.16. The first-order valence-electron chi connectivity index (χ1n) is 10.5. The van der Waals surface area contributed by atoms with Crippen LogP contribution in [0.25, 0.3) is 10.9 Å². The van der Waals surface area contributed by atoms with Gasteiger partial charge in [0, 0.05) is 20.6 Å². The molecule has 0 N–H and O–H groups in total. The van der Waals surface area contributed by atoms with Gasteiger partial charge in [-0.05, 0) is 42.7 Å². The van der Waals surface area contributed by atoms with E-state index in [2.05, 4.69) is 12.1 Å². The van der Waals surface area contributed by atoms with Gasteiger partial charge in [-0.15, -0.1) is 0 Å². The van der Waals surface area contributed by atoms with Crippen LogP contribution in [0.3, 0.4) is 0 Å². The molecule has 2 aromatic heterocycles. The number of sulfonamides is 1. The molecular formula is C24H25N3O4S2. The van der Waals surface area contributed by atoms with Crippen molar-refractivity contribution in [2.45, 2.75) is 35.4 Å². The predicted molar refractivity (Wildman–Crippen MR) is 130 cm³/mol. The van der Waals surface area contributed by atoms with Gasteiger partial charge in [0.2, 0.25) is 5.09 Å². The summed E-state index contributed by atoms with van der Waals surface area (Å²) < 4.78 is 32.9. The van der Waals surface area contributed by atoms with Gasteiger partial charge in [0.15, 0.2) is 5.16 Å². The Labute approximate surface area is 197 Å². The molecule has 0 fully saturated rings. The summed E-state index contributed by atoms with van der Waals surface area (Å²) in [6, 6.07) is 20.6. The number of thioether (sulfide) groups is 1. The van der Waals surface area contributed by atoms with Crippen LogP contribution < -0.4 is 5.56 Å². The largest absolute Gasteiger partial charge is 0.447 e. The van der Waals surface area contributed by atoms with E-state index < -0.39 is 10.0 Å². The molecule has 0 radical (unpaired) electrons. The first-order chi connectivity index (χ1) is 15.9. The van der Waals surface area contributed by atoms with Gasteiger partial charge in [0.05, 0.1) is 16.7 Å². The van der Waals surface area contributed by atoms with Crippen LogP contribution >= 0.6 is 11.8 Å². The van der Waals surface area contributed by atoms with Crippen molar-refractivity contribution in [1.29, 1.82) is 0 Å². The van der Waals surface area contributed by atoms with Gasteiger partial charge in [-0.25, -0.2) is 17.7 Å². The highest BCUT2D eigenvalue weighted by molar-refractivity contribution is 7.98. The van der Waals surface area contributed by atoms with Crippen molar-refractivity contribution in [3.8, 4) is 0 Å². The van der Waals surface area contributed by atoms with E-state index in [0.717, 1.165) is 17.1 Å². The van der Waals surface area contributed by atoms with Crippen molar-refractivity contribution in [2.24, 2.45) is 0 Å². The van der Waals surface area contributed by atoms with Crippen molar-refractivity contribution in [3.05, 3.63) is 88.4 Å². The minimum absolute atomic E-state index is 0.0773. The molecule has 0 bridgehead atoms. The molecule has 0 aliphatic rings. The Bertz CT molecular complexity index is 1410. The molecule has 4 aromatic rings. The van der Waals surface area contributed by atoms with E-state index in [0.29, 0.717) is 34.1 Å². The van der Waals surface area contributed by atoms with Gasteiger partial charge >= 0.3 is 0 Å². The predicted octanol–water partition coefficient (Wildman–Crippen LogP) is 4.16. The second-order valence-electron chi connectivity index (χ2n) is 7.75. The lowest BCUT2D eigenvalue weighted by atomic mass is 10.1. The maximum Gasteiger partial charge on any atom is 0.275 e. The highest BCUT2D eigenvalue weighted by Crippen LogP contribution is 2.25. The minimum atomic E-state index is -3.63. The number of hydrogen-bond donors (Lipinski definition) is 0. The van der Waals surface area contributed by atoms with Crippen molar-refractivity contribution in [2.75, 3.05) is 14.1 Å². The van der Waals surface area contributed by atoms with E-state index in [4.69, 9.17) is 9.40 Å². The fourth-order valence-electron chi connectivity index (χ4n) is 3.43. The zero-order chi connectivity index (χ0) is 23.4. The monoisotopic (exact) mass is 483 g/mol. The van der Waals surface area contributed by atoms with Crippen molar-refractivity contribution in [1.82, 2.24) is 13.9 Å². The Morgan fingerprint density at radius 3 is 2.48 bits per heavy atom. The van der Waals surface area contributed by atoms with Gasteiger partial charge in [0.1, 0.15) is 5.76 Å². The van der Waals surface area contributed by atoms with Gasteiger partial charge in [-0.1, -0.05) is 54.2 Å². The van der Waals surface area contributed by atoms with Crippen LogP contribution in [-0.2, 0) is 28.7 Å². The quantitative estimate of drug-likeness (QED) is 0.262. The third-order valence-electron chi connectivity index (χ3n) is 5.23. The third-order valence-corrected chi connectivity index (χ3v) is 7.92. The second kappa shape index (κ2) is 9.94. The minimum Gasteiger partial charge on any atom is -0.447 e. The molecule has 0 atom stereocenters. The van der Waals surface area contributed by atoms with Crippen molar-refractivity contribution in [3.63, 3.8) is 0 Å². The first kappa shape index (κ1) is 23.3. The van der Waals surface area contributed by atoms with Crippen LogP contribution in [0.2, 0.25) is 0 Å². The van der Waals surface area contributed by atoms with Crippen molar-refractivity contribution >= 4 is 32.7 Å². The fraction of sp³-hybridized carbons (Fsp3) is 0.250. The van der Waals surface area contributed by atoms with Gasteiger partial charge < -0.3 is 4.42 Å². The smallest absolute Gasteiger partial charge is 0.275 e. The number of fused-ring (bicyclic) bond motifs is 1. The average Bonchev–Trinajstić information content (AvgIpc) is 3.30. The summed E-state index contributed by atoms with van der Waals surface area (Å²) >= 11 is 1.36. The molecular weight excluding hydrogens is 458 g/mol. The molecule has 2 heterocycles. The van der Waals surface area contributed by atoms with E-state index >= 15 is 0 Å². The summed E-state index contributed by atoms with van der Waals surface area (Å²) in [5.74, 6) is 0.852. The summed E-state index contributed by atoms with van der Waals surface area (Å²) in [4.78, 5) is 17.9. The average molecular weight is 484 g/mol. The van der Waals surface area contributed by atoms with Crippen LogP contribution in [0, 0.1) is 0 Å². The molecule has 0 spiro atoms. The Balaban J connectivity index is 1.57. The van der Waals surface area contributed by atoms with Crippen LogP contribution in [0.1, 0.15) is 17.7 Å². The maximum atomic E-state index is 13.2. The lowest BCUT2D eigenvalue weighted by molar-refractivity contribution is 0.408. The normalized spacial score (nSPS) is 12.0. The van der Waals surface area contributed by atoms with Crippen LogP contribution in [0.5, 0.6) is 0 Å². The van der Waals surface area contributed by atoms with Gasteiger partial charge in [-0.2, -0.15) is 0 Å². The molecule has 9 heteroatoms. The number of nitrogens with zero attached hydrogens (tertiary/aromatic N) is 3. The molecule has 0 aliphatic heterocycles. The van der Waals surface area contributed by atoms with Gasteiger partial charge in [-0.3, -0.25) is 9.36 Å². The standard InChI is InChI=1S/C24H25N3O4S2/c1-26(2)33(29,30)22-15-14-19(31-22)17-32-24-25-21-13-7-6-12-20(21)23(28)27(24)16-8-11-18-9-4-3-5-10-18/h3-7,9-10,12-15H,8,11,16-17H2,1-2H3. The van der Waals surface area contributed by atoms with E-state index in [1.807, 2.05) is 36.4 Å². The number of para-hydroxylation sites is 1. The molecule has 0 unspecified atom stereocenters. The summed E-state index contributed by atoms with van der Waals surface area (Å²) in [5.41, 5.74) is 1.78. The number of aromatic nitrogens is 2. The van der Waals surface area contributed by atoms with E-state index in [1.54, 1.807) is 16.7 Å². The van der Waals surface area contributed by atoms with E-state index in [9.17, 15) is 13.2 Å². The molecule has 2 aromatic carbocycles. The lowest BCUT2D eigenvalue weighted by Gasteiger charge is -2.13. The molecule has 0 aliphatic carbocycles. The topological polar surface area (TPSA) is 85.4 Å². The number of aryl methyl sites for hydroxylation is 1. The molecule has 33 heavy (non-hydrogen) atoms. The maximum absolute atomic E-state index is 13.2. The first-order valence-corrected chi connectivity index (χ1v) is 13.0. The van der Waals surface area contributed by atoms with Crippen LogP contribution in [0.15, 0.2) is 86.2 Å². The zero-order valence-corrected chi connectivity index (χ0v) is 20.1. The van der Waals surface area contributed by atoms with Crippen LogP contribution in [-0.4, -0.2) is 36.4 Å². The summed E-state index contributed by atoms with van der Waals surface area (Å²) in [5, 5.41) is 1.06. The van der Waals surface area contributed by atoms with Crippen LogP contribution in [0.4, 0.5) is 0 Å². The number of hydrogen-bond acceptors (Lipinski definition) is 6. The summed E-state index contributed by atoms with van der Waals surface area (Å²) in [6.07, 6.45) is 1.65. The Hall–Kier alpha value is -2.88. The van der Waals surface area contributed by atoms with E-state index in [1.165, 1.54) is 37.5 Å². The highest BCUT2D eigenvalue weighted by atomic mass is 32.2. The molecule has 7 nitrogen and oxygen atoms in total. The second-order valence-corrected chi connectivity index (χ2v) is 10.8. The summed E-state index contributed by atoms with van der Waals surface area (Å²) in [7, 11) is -0.719. The SMILES string of the molecule is CN(C)S(=O)(=O)c1ccc(CSc2nc3ccccc3c(=O)n2CCCc2ccccc2)o1. The van der Waals surface area contributed by atoms with E-state index in [-0.39, 0.29) is 10.7 Å². The third kappa shape index (κ3) is 5.21. The Kier molecular flexibility index (Phi) is 7.02. The number of rotatable bonds is 9. The zero-order valence-electron chi connectivity index (χ0n) is 18.5. The molecule has 0 amide bonds.